The first-order valence-electron chi connectivity index (χ1n) is 9.17. The van der Waals surface area contributed by atoms with Crippen molar-refractivity contribution in [3.8, 4) is 5.69 Å². The molecule has 0 radical (unpaired) electrons. The molecule has 1 aliphatic heterocycles. The number of aromatic amines is 1. The lowest BCUT2D eigenvalue weighted by Gasteiger charge is -2.28. The summed E-state index contributed by atoms with van der Waals surface area (Å²) < 4.78 is 1.97. The van der Waals surface area contributed by atoms with Crippen LogP contribution in [0.2, 0.25) is 10.0 Å². The molecule has 0 bridgehead atoms. The molecule has 1 aromatic carbocycles. The van der Waals surface area contributed by atoms with E-state index in [1.165, 1.54) is 6.42 Å². The van der Waals surface area contributed by atoms with Crippen molar-refractivity contribution in [2.75, 3.05) is 23.3 Å². The summed E-state index contributed by atoms with van der Waals surface area (Å²) in [5, 5.41) is 7.80. The molecule has 0 amide bonds. The summed E-state index contributed by atoms with van der Waals surface area (Å²) in [5.41, 5.74) is 2.05. The maximum absolute atomic E-state index is 6.45. The minimum atomic E-state index is 0.499. The number of anilines is 3. The van der Waals surface area contributed by atoms with Crippen LogP contribution >= 0.6 is 23.2 Å². The van der Waals surface area contributed by atoms with Crippen molar-refractivity contribution in [3.63, 3.8) is 0 Å². The zero-order chi connectivity index (χ0) is 18.8. The average Bonchev–Trinajstić information content (AvgIpc) is 3.05. The highest BCUT2D eigenvalue weighted by Gasteiger charge is 2.22. The Hall–Kier alpha value is -2.24. The lowest BCUT2D eigenvalue weighted by atomic mass is 10.1. The molecule has 140 valence electrons. The minimum Gasteiger partial charge on any atom is -0.355 e. The quantitative estimate of drug-likeness (QED) is 0.601. The Balaban J connectivity index is 1.69. The van der Waals surface area contributed by atoms with Crippen LogP contribution in [0, 0.1) is 6.92 Å². The molecule has 1 aliphatic rings. The monoisotopic (exact) mass is 402 g/mol. The summed E-state index contributed by atoms with van der Waals surface area (Å²) >= 11 is 12.9. The Morgan fingerprint density at radius 1 is 1.04 bits per heavy atom. The number of halogens is 2. The van der Waals surface area contributed by atoms with Gasteiger partial charge in [0.05, 0.1) is 16.8 Å². The summed E-state index contributed by atoms with van der Waals surface area (Å²) in [6.07, 6.45) is 3.58. The first-order valence-corrected chi connectivity index (χ1v) is 9.92. The standard InChI is InChI=1S/C20H21Cl2N5/c1-14-12-18(27(25-14)15-8-4-2-5-9-15)23-19-16(21)13-17(22)20(24-19)26-10-6-3-7-11-26/h2,4-5,8-9,12-13H,3,6-7,10-11H2,1H3,(H,23,24,25)/p+1. The molecule has 4 rings (SSSR count). The van der Waals surface area contributed by atoms with E-state index in [9.17, 15) is 0 Å². The molecule has 2 N–H and O–H groups in total. The predicted octanol–water partition coefficient (Wildman–Crippen LogP) is 5.04. The molecule has 0 unspecified atom stereocenters. The summed E-state index contributed by atoms with van der Waals surface area (Å²) in [4.78, 5) is 7.00. The zero-order valence-electron chi connectivity index (χ0n) is 15.2. The van der Waals surface area contributed by atoms with Crippen LogP contribution < -0.4 is 14.9 Å². The number of rotatable bonds is 4. The van der Waals surface area contributed by atoms with Crippen LogP contribution in [0.3, 0.4) is 0 Å². The van der Waals surface area contributed by atoms with E-state index in [4.69, 9.17) is 28.2 Å². The third kappa shape index (κ3) is 3.89. The Kier molecular flexibility index (Phi) is 5.23. The SMILES string of the molecule is Cc1cc(Nc2nc(N3CCCCC3)c(Cl)cc2Cl)[n+](-c2ccccc2)[nH]1. The number of nitrogens with one attached hydrogen (secondary N) is 2. The van der Waals surface area contributed by atoms with Crippen molar-refractivity contribution in [2.24, 2.45) is 0 Å². The Bertz CT molecular complexity index is 933. The van der Waals surface area contributed by atoms with Crippen LogP contribution in [0.5, 0.6) is 0 Å². The Labute approximate surface area is 168 Å². The van der Waals surface area contributed by atoms with Crippen LogP contribution in [0.15, 0.2) is 42.5 Å². The summed E-state index contributed by atoms with van der Waals surface area (Å²) in [6, 6.07) is 13.9. The molecule has 0 aliphatic carbocycles. The molecule has 1 fully saturated rings. The molecule has 0 saturated carbocycles. The van der Waals surface area contributed by atoms with Gasteiger partial charge in [-0.2, -0.15) is 4.98 Å². The molecule has 3 heterocycles. The fraction of sp³-hybridized carbons (Fsp3) is 0.300. The van der Waals surface area contributed by atoms with Gasteiger partial charge in [0.25, 0.3) is 0 Å². The van der Waals surface area contributed by atoms with Gasteiger partial charge in [0, 0.05) is 13.1 Å². The van der Waals surface area contributed by atoms with E-state index in [1.807, 2.05) is 48.0 Å². The fourth-order valence-corrected chi connectivity index (χ4v) is 3.93. The van der Waals surface area contributed by atoms with Gasteiger partial charge in [0.1, 0.15) is 5.02 Å². The smallest absolute Gasteiger partial charge is 0.306 e. The van der Waals surface area contributed by atoms with Gasteiger partial charge in [-0.05, 0) is 44.4 Å². The summed E-state index contributed by atoms with van der Waals surface area (Å²) in [7, 11) is 0. The van der Waals surface area contributed by atoms with Crippen molar-refractivity contribution < 1.29 is 4.68 Å². The molecule has 1 saturated heterocycles. The highest BCUT2D eigenvalue weighted by Crippen LogP contribution is 2.33. The van der Waals surface area contributed by atoms with Crippen LogP contribution in [-0.2, 0) is 0 Å². The molecule has 0 spiro atoms. The van der Waals surface area contributed by atoms with Crippen molar-refractivity contribution in [3.05, 3.63) is 58.2 Å². The lowest BCUT2D eigenvalue weighted by molar-refractivity contribution is -0.641. The molecule has 27 heavy (non-hydrogen) atoms. The van der Waals surface area contributed by atoms with Crippen LogP contribution in [0.25, 0.3) is 5.69 Å². The van der Waals surface area contributed by atoms with Crippen molar-refractivity contribution in [1.29, 1.82) is 0 Å². The Morgan fingerprint density at radius 2 is 1.78 bits per heavy atom. The molecule has 5 nitrogen and oxygen atoms in total. The predicted molar refractivity (Wildman–Crippen MR) is 111 cm³/mol. The number of aromatic nitrogens is 3. The van der Waals surface area contributed by atoms with Gasteiger partial charge in [-0.1, -0.05) is 41.4 Å². The van der Waals surface area contributed by atoms with Gasteiger partial charge in [0.15, 0.2) is 11.5 Å². The van der Waals surface area contributed by atoms with E-state index in [-0.39, 0.29) is 0 Å². The normalized spacial score (nSPS) is 14.4. The van der Waals surface area contributed by atoms with E-state index in [2.05, 4.69) is 15.3 Å². The summed E-state index contributed by atoms with van der Waals surface area (Å²) in [6.45, 7) is 3.96. The number of pyridine rings is 1. The van der Waals surface area contributed by atoms with E-state index in [0.717, 1.165) is 48.9 Å². The van der Waals surface area contributed by atoms with Crippen LogP contribution in [0.1, 0.15) is 25.0 Å². The minimum absolute atomic E-state index is 0.499. The zero-order valence-corrected chi connectivity index (χ0v) is 16.7. The van der Waals surface area contributed by atoms with Gasteiger partial charge in [0.2, 0.25) is 5.82 Å². The third-order valence-electron chi connectivity index (χ3n) is 4.71. The van der Waals surface area contributed by atoms with Crippen molar-refractivity contribution in [1.82, 2.24) is 10.1 Å². The van der Waals surface area contributed by atoms with Crippen LogP contribution in [0.4, 0.5) is 17.5 Å². The highest BCUT2D eigenvalue weighted by molar-refractivity contribution is 6.37. The number of piperidine rings is 1. The molecule has 7 heteroatoms. The van der Waals surface area contributed by atoms with Gasteiger partial charge in [-0.3, -0.25) is 0 Å². The molecular weight excluding hydrogens is 381 g/mol. The van der Waals surface area contributed by atoms with E-state index in [0.29, 0.717) is 15.9 Å². The second kappa shape index (κ2) is 7.79. The van der Waals surface area contributed by atoms with Crippen molar-refractivity contribution in [2.45, 2.75) is 26.2 Å². The van der Waals surface area contributed by atoms with Gasteiger partial charge in [-0.25, -0.2) is 10.4 Å². The Morgan fingerprint density at radius 3 is 2.52 bits per heavy atom. The van der Waals surface area contributed by atoms with Gasteiger partial charge in [-0.15, -0.1) is 4.68 Å². The third-order valence-corrected chi connectivity index (χ3v) is 5.28. The number of hydrogen-bond acceptors (Lipinski definition) is 3. The average molecular weight is 403 g/mol. The molecule has 3 aromatic rings. The lowest BCUT2D eigenvalue weighted by Crippen LogP contribution is -2.35. The second-order valence-corrected chi connectivity index (χ2v) is 7.61. The number of nitrogens with zero attached hydrogens (tertiary/aromatic N) is 3. The highest BCUT2D eigenvalue weighted by atomic mass is 35.5. The van der Waals surface area contributed by atoms with Crippen molar-refractivity contribution >= 4 is 40.7 Å². The van der Waals surface area contributed by atoms with Gasteiger partial charge >= 0.3 is 5.82 Å². The van der Waals surface area contributed by atoms with E-state index in [1.54, 1.807) is 6.07 Å². The number of para-hydroxylation sites is 1. The molecule has 2 aromatic heterocycles. The number of benzene rings is 1. The molecular formula is C20H22Cl2N5+. The van der Waals surface area contributed by atoms with Gasteiger partial charge < -0.3 is 4.90 Å². The first kappa shape index (κ1) is 18.1. The molecule has 0 atom stereocenters. The van der Waals surface area contributed by atoms with E-state index >= 15 is 0 Å². The maximum atomic E-state index is 6.45. The topological polar surface area (TPSA) is 47.8 Å². The second-order valence-electron chi connectivity index (χ2n) is 6.79. The van der Waals surface area contributed by atoms with Crippen LogP contribution in [-0.4, -0.2) is 23.2 Å². The number of H-pyrrole nitrogens is 1. The number of aryl methyl sites for hydroxylation is 1. The van der Waals surface area contributed by atoms with E-state index < -0.39 is 0 Å². The largest absolute Gasteiger partial charge is 0.355 e. The first-order chi connectivity index (χ1) is 13.1. The number of hydrogen-bond donors (Lipinski definition) is 2. The summed E-state index contributed by atoms with van der Waals surface area (Å²) in [5.74, 6) is 2.26. The maximum Gasteiger partial charge on any atom is 0.306 e. The fourth-order valence-electron chi connectivity index (χ4n) is 3.40.